The Morgan fingerprint density at radius 1 is 1.18 bits per heavy atom. The van der Waals surface area contributed by atoms with Gasteiger partial charge in [0.25, 0.3) is 10.2 Å². The first-order chi connectivity index (χ1) is 13.0. The number of nitrogens with zero attached hydrogens (tertiary/aromatic N) is 3. The lowest BCUT2D eigenvalue weighted by atomic mass is 9.99. The molecule has 0 radical (unpaired) electrons. The van der Waals surface area contributed by atoms with Crippen LogP contribution in [0.15, 0.2) is 32.3 Å². The van der Waals surface area contributed by atoms with Crippen LogP contribution in [-0.2, 0) is 27.3 Å². The number of piperidine rings is 1. The Morgan fingerprint density at radius 3 is 2.43 bits per heavy atom. The fraction of sp³-hybridized carbons (Fsp3) is 0.562. The summed E-state index contributed by atoms with van der Waals surface area (Å²) >= 11 is 0. The first kappa shape index (κ1) is 21.0. The highest BCUT2D eigenvalue weighted by molar-refractivity contribution is 7.89. The number of rotatable bonds is 6. The van der Waals surface area contributed by atoms with Gasteiger partial charge in [-0.15, -0.1) is 0 Å². The molecule has 0 atom stereocenters. The summed E-state index contributed by atoms with van der Waals surface area (Å²) in [4.78, 5) is 11.6. The fourth-order valence-corrected chi connectivity index (χ4v) is 5.43. The van der Waals surface area contributed by atoms with E-state index in [1.54, 1.807) is 0 Å². The van der Waals surface area contributed by atoms with E-state index < -0.39 is 26.0 Å². The second kappa shape index (κ2) is 7.59. The zero-order valence-corrected chi connectivity index (χ0v) is 17.6. The summed E-state index contributed by atoms with van der Waals surface area (Å²) in [7, 11) is -2.72. The van der Waals surface area contributed by atoms with E-state index in [9.17, 15) is 21.6 Å². The van der Waals surface area contributed by atoms with Crippen LogP contribution < -0.4 is 10.5 Å². The molecule has 12 heteroatoms. The molecule has 1 aliphatic rings. The van der Waals surface area contributed by atoms with Crippen molar-refractivity contribution in [2.24, 2.45) is 13.0 Å². The summed E-state index contributed by atoms with van der Waals surface area (Å²) in [6.07, 6.45) is 1.15. The predicted molar refractivity (Wildman–Crippen MR) is 104 cm³/mol. The van der Waals surface area contributed by atoms with Crippen molar-refractivity contribution < 1.29 is 21.3 Å². The zero-order valence-electron chi connectivity index (χ0n) is 16.0. The van der Waals surface area contributed by atoms with E-state index in [4.69, 9.17) is 4.42 Å². The summed E-state index contributed by atoms with van der Waals surface area (Å²) in [5.41, 5.74) is 0.719. The quantitative estimate of drug-likeness (QED) is 0.682. The summed E-state index contributed by atoms with van der Waals surface area (Å²) in [5, 5.41) is 0. The Labute approximate surface area is 164 Å². The molecule has 0 spiro atoms. The van der Waals surface area contributed by atoms with Crippen LogP contribution in [0.25, 0.3) is 11.1 Å². The van der Waals surface area contributed by atoms with Crippen LogP contribution in [0.5, 0.6) is 0 Å². The molecule has 0 saturated carbocycles. The highest BCUT2D eigenvalue weighted by atomic mass is 32.2. The van der Waals surface area contributed by atoms with Gasteiger partial charge in [0.05, 0.1) is 10.4 Å². The van der Waals surface area contributed by atoms with Crippen molar-refractivity contribution >= 4 is 31.3 Å². The van der Waals surface area contributed by atoms with E-state index in [2.05, 4.69) is 4.72 Å². The molecule has 1 aliphatic heterocycles. The van der Waals surface area contributed by atoms with Crippen LogP contribution in [0.2, 0.25) is 0 Å². The highest BCUT2D eigenvalue weighted by Gasteiger charge is 2.30. The van der Waals surface area contributed by atoms with Crippen LogP contribution in [-0.4, -0.2) is 63.7 Å². The maximum absolute atomic E-state index is 12.6. The summed E-state index contributed by atoms with van der Waals surface area (Å²) in [6.45, 7) is 0.937. The lowest BCUT2D eigenvalue weighted by Crippen LogP contribution is -2.45. The number of hydrogen-bond donors (Lipinski definition) is 1. The van der Waals surface area contributed by atoms with Crippen LogP contribution >= 0.6 is 0 Å². The third-order valence-corrected chi connectivity index (χ3v) is 8.36. The standard InChI is InChI=1S/C16H24N4O6S2/c1-18(2)28(24,25)20-8-6-12(7-9-20)11-17-27(22,23)13-4-5-15-14(10-13)19(3)16(21)26-15/h4-5,10,12,17H,6-9,11H2,1-3H3. The Hall–Kier alpha value is -1.73. The van der Waals surface area contributed by atoms with E-state index in [0.29, 0.717) is 37.0 Å². The number of nitrogens with one attached hydrogen (secondary N) is 1. The Bertz CT molecular complexity index is 1130. The van der Waals surface area contributed by atoms with Crippen molar-refractivity contribution in [1.29, 1.82) is 0 Å². The number of hydrogen-bond acceptors (Lipinski definition) is 6. The lowest BCUT2D eigenvalue weighted by molar-refractivity contribution is 0.263. The van der Waals surface area contributed by atoms with Gasteiger partial charge < -0.3 is 4.42 Å². The molecule has 0 amide bonds. The number of aromatic nitrogens is 1. The molecule has 0 unspecified atom stereocenters. The van der Waals surface area contributed by atoms with Crippen LogP contribution in [0.3, 0.4) is 0 Å². The van der Waals surface area contributed by atoms with Gasteiger partial charge in [-0.1, -0.05) is 0 Å². The van der Waals surface area contributed by atoms with E-state index >= 15 is 0 Å². The minimum Gasteiger partial charge on any atom is -0.408 e. The summed E-state index contributed by atoms with van der Waals surface area (Å²) < 4.78 is 60.9. The number of fused-ring (bicyclic) bond motifs is 1. The van der Waals surface area contributed by atoms with Gasteiger partial charge in [-0.25, -0.2) is 17.9 Å². The zero-order chi connectivity index (χ0) is 20.7. The molecule has 0 bridgehead atoms. The van der Waals surface area contributed by atoms with Crippen LogP contribution in [0.1, 0.15) is 12.8 Å². The second-order valence-electron chi connectivity index (χ2n) is 7.04. The predicted octanol–water partition coefficient (Wildman–Crippen LogP) is -0.0718. The van der Waals surface area contributed by atoms with Gasteiger partial charge in [0.15, 0.2) is 5.58 Å². The third-order valence-electron chi connectivity index (χ3n) is 5.00. The smallest absolute Gasteiger partial charge is 0.408 e. The van der Waals surface area contributed by atoms with Gasteiger partial charge in [0, 0.05) is 40.8 Å². The molecule has 1 fully saturated rings. The van der Waals surface area contributed by atoms with Crippen molar-refractivity contribution in [3.8, 4) is 0 Å². The van der Waals surface area contributed by atoms with Crippen LogP contribution in [0.4, 0.5) is 0 Å². The molecule has 2 heterocycles. The van der Waals surface area contributed by atoms with Gasteiger partial charge in [0.2, 0.25) is 10.0 Å². The van der Waals surface area contributed by atoms with E-state index in [1.807, 2.05) is 0 Å². The monoisotopic (exact) mass is 432 g/mol. The average molecular weight is 433 g/mol. The Morgan fingerprint density at radius 2 is 1.82 bits per heavy atom. The summed E-state index contributed by atoms with van der Waals surface area (Å²) in [6, 6.07) is 4.24. The van der Waals surface area contributed by atoms with Crippen molar-refractivity contribution in [2.75, 3.05) is 33.7 Å². The highest BCUT2D eigenvalue weighted by Crippen LogP contribution is 2.22. The molecule has 1 N–H and O–H groups in total. The lowest BCUT2D eigenvalue weighted by Gasteiger charge is -2.32. The first-order valence-corrected chi connectivity index (χ1v) is 11.7. The van der Waals surface area contributed by atoms with E-state index in [-0.39, 0.29) is 17.4 Å². The minimum atomic E-state index is -3.76. The van der Waals surface area contributed by atoms with Gasteiger partial charge in [-0.3, -0.25) is 4.57 Å². The van der Waals surface area contributed by atoms with Crippen molar-refractivity contribution in [2.45, 2.75) is 17.7 Å². The minimum absolute atomic E-state index is 0.0454. The topological polar surface area (TPSA) is 122 Å². The number of benzene rings is 1. The first-order valence-electron chi connectivity index (χ1n) is 8.79. The molecule has 1 aromatic carbocycles. The molecule has 28 heavy (non-hydrogen) atoms. The number of oxazole rings is 1. The maximum atomic E-state index is 12.6. The second-order valence-corrected chi connectivity index (χ2v) is 11.0. The average Bonchev–Trinajstić information content (AvgIpc) is 2.94. The van der Waals surface area contributed by atoms with Gasteiger partial charge in [0.1, 0.15) is 0 Å². The molecular formula is C16H24N4O6S2. The van der Waals surface area contributed by atoms with Crippen molar-refractivity contribution in [1.82, 2.24) is 17.9 Å². The molecule has 1 aromatic heterocycles. The maximum Gasteiger partial charge on any atom is 0.419 e. The summed E-state index contributed by atoms with van der Waals surface area (Å²) in [5.74, 6) is -0.512. The molecule has 0 aliphatic carbocycles. The molecule has 1 saturated heterocycles. The molecule has 10 nitrogen and oxygen atoms in total. The normalized spacial score (nSPS) is 17.6. The van der Waals surface area contributed by atoms with Gasteiger partial charge in [-0.2, -0.15) is 17.0 Å². The van der Waals surface area contributed by atoms with E-state index in [0.717, 1.165) is 0 Å². The molecule has 2 aromatic rings. The van der Waals surface area contributed by atoms with Crippen LogP contribution in [0, 0.1) is 5.92 Å². The third kappa shape index (κ3) is 4.01. The van der Waals surface area contributed by atoms with Gasteiger partial charge in [-0.05, 0) is 37.0 Å². The molecular weight excluding hydrogens is 408 g/mol. The Kier molecular flexibility index (Phi) is 5.69. The number of aryl methyl sites for hydroxylation is 1. The molecule has 3 rings (SSSR count). The SMILES string of the molecule is CN(C)S(=O)(=O)N1CCC(CNS(=O)(=O)c2ccc3oc(=O)n(C)c3c2)CC1. The van der Waals surface area contributed by atoms with Crippen molar-refractivity contribution in [3.05, 3.63) is 28.7 Å². The molecule has 156 valence electrons. The Balaban J connectivity index is 1.65. The van der Waals surface area contributed by atoms with Crippen molar-refractivity contribution in [3.63, 3.8) is 0 Å². The van der Waals surface area contributed by atoms with Gasteiger partial charge >= 0.3 is 5.76 Å². The fourth-order valence-electron chi connectivity index (χ4n) is 3.16. The number of sulfonamides is 1. The largest absolute Gasteiger partial charge is 0.419 e. The van der Waals surface area contributed by atoms with E-state index in [1.165, 1.54) is 52.5 Å².